The molecule has 0 aliphatic rings. The lowest BCUT2D eigenvalue weighted by atomic mass is 10.2. The number of nitrogens with zero attached hydrogens (tertiary/aromatic N) is 2. The zero-order valence-corrected chi connectivity index (χ0v) is 13.9. The second-order valence-corrected chi connectivity index (χ2v) is 5.95. The van der Waals surface area contributed by atoms with Crippen LogP contribution in [0.2, 0.25) is 0 Å². The number of hydrogen-bond donors (Lipinski definition) is 0. The van der Waals surface area contributed by atoms with Crippen molar-refractivity contribution in [2.45, 2.75) is 48.1 Å². The molecular weight excluding hydrogens is 260 g/mol. The fraction of sp³-hybridized carbons (Fsp3) is 0.643. The maximum absolute atomic E-state index is 11.0. The highest BCUT2D eigenvalue weighted by molar-refractivity contribution is 7.90. The average Bonchev–Trinajstić information content (AvgIpc) is 2.67. The summed E-state index contributed by atoms with van der Waals surface area (Å²) in [6.45, 7) is 12.2. The lowest BCUT2D eigenvalue weighted by molar-refractivity contribution is 0.593. The normalized spacial score (nSPS) is 9.58. The second-order valence-electron chi connectivity index (χ2n) is 3.69. The van der Waals surface area contributed by atoms with E-state index in [4.69, 9.17) is 5.26 Å². The van der Waals surface area contributed by atoms with Crippen LogP contribution in [0.25, 0.3) is 0 Å². The van der Waals surface area contributed by atoms with Crippen LogP contribution in [0, 0.1) is 25.2 Å². The van der Waals surface area contributed by atoms with Gasteiger partial charge >= 0.3 is 0 Å². The maximum atomic E-state index is 11.0. The molecule has 19 heavy (non-hydrogen) atoms. The van der Waals surface area contributed by atoms with Crippen LogP contribution in [0.5, 0.6) is 0 Å². The van der Waals surface area contributed by atoms with Gasteiger partial charge in [-0.25, -0.2) is 8.42 Å². The Kier molecular flexibility index (Phi) is 10.2. The molecule has 1 rings (SSSR count). The minimum atomic E-state index is -2.95. The van der Waals surface area contributed by atoms with Crippen molar-refractivity contribution in [1.29, 1.82) is 5.26 Å². The summed E-state index contributed by atoms with van der Waals surface area (Å²) >= 11 is 0. The van der Waals surface area contributed by atoms with Crippen LogP contribution in [-0.4, -0.2) is 25.0 Å². The van der Waals surface area contributed by atoms with Gasteiger partial charge in [0.2, 0.25) is 0 Å². The Morgan fingerprint density at radius 3 is 2.00 bits per heavy atom. The first kappa shape index (κ1) is 20.0. The van der Waals surface area contributed by atoms with E-state index in [1.165, 1.54) is 6.26 Å². The van der Waals surface area contributed by atoms with E-state index in [-0.39, 0.29) is 5.75 Å². The molecule has 0 fully saturated rings. The summed E-state index contributed by atoms with van der Waals surface area (Å²) in [7, 11) is -2.95. The van der Waals surface area contributed by atoms with Gasteiger partial charge in [-0.15, -0.1) is 0 Å². The molecule has 0 saturated carbocycles. The molecule has 110 valence electrons. The van der Waals surface area contributed by atoms with E-state index in [9.17, 15) is 8.42 Å². The van der Waals surface area contributed by atoms with Crippen molar-refractivity contribution in [3.8, 4) is 6.07 Å². The molecule has 0 unspecified atom stereocenters. The highest BCUT2D eigenvalue weighted by atomic mass is 32.2. The van der Waals surface area contributed by atoms with E-state index in [0.29, 0.717) is 12.1 Å². The smallest absolute Gasteiger partial charge is 0.149 e. The molecule has 0 N–H and O–H groups in total. The van der Waals surface area contributed by atoms with Gasteiger partial charge in [-0.05, 0) is 19.4 Å². The van der Waals surface area contributed by atoms with E-state index in [1.807, 2.05) is 46.1 Å². The van der Waals surface area contributed by atoms with Crippen LogP contribution in [0.3, 0.4) is 0 Å². The number of rotatable bonds is 3. The summed E-state index contributed by atoms with van der Waals surface area (Å²) < 4.78 is 23.8. The first-order chi connectivity index (χ1) is 8.85. The van der Waals surface area contributed by atoms with Gasteiger partial charge in [0.25, 0.3) is 0 Å². The minimum Gasteiger partial charge on any atom is -0.349 e. The molecule has 0 bridgehead atoms. The fourth-order valence-electron chi connectivity index (χ4n) is 1.37. The van der Waals surface area contributed by atoms with Crippen LogP contribution in [-0.2, 0) is 16.4 Å². The van der Waals surface area contributed by atoms with Gasteiger partial charge in [0.05, 0.1) is 11.3 Å². The summed E-state index contributed by atoms with van der Waals surface area (Å²) in [4.78, 5) is 0. The highest BCUT2D eigenvalue weighted by Gasteiger charge is 2.09. The monoisotopic (exact) mass is 286 g/mol. The predicted octanol–water partition coefficient (Wildman–Crippen LogP) is 3.07. The summed E-state index contributed by atoms with van der Waals surface area (Å²) in [5.74, 6) is 0.104. The Hall–Kier alpha value is -1.28. The lowest BCUT2D eigenvalue weighted by Crippen LogP contribution is -2.11. The molecule has 0 radical (unpaired) electrons. The highest BCUT2D eigenvalue weighted by Crippen LogP contribution is 2.14. The van der Waals surface area contributed by atoms with Crippen molar-refractivity contribution in [2.24, 2.45) is 0 Å². The Balaban J connectivity index is 0. The topological polar surface area (TPSA) is 62.9 Å². The summed E-state index contributed by atoms with van der Waals surface area (Å²) in [5.41, 5.74) is 2.49. The van der Waals surface area contributed by atoms with Crippen LogP contribution in [0.15, 0.2) is 6.20 Å². The molecule has 1 aromatic rings. The zero-order valence-electron chi connectivity index (χ0n) is 13.1. The molecule has 0 saturated heterocycles. The number of nitriles is 1. The first-order valence-corrected chi connectivity index (χ1v) is 8.65. The molecule has 0 atom stereocenters. The Morgan fingerprint density at radius 2 is 1.68 bits per heavy atom. The molecule has 0 spiro atoms. The van der Waals surface area contributed by atoms with Gasteiger partial charge in [-0.2, -0.15) is 5.26 Å². The maximum Gasteiger partial charge on any atom is 0.149 e. The van der Waals surface area contributed by atoms with Gasteiger partial charge in [0.15, 0.2) is 0 Å². The summed E-state index contributed by atoms with van der Waals surface area (Å²) in [5, 5.41) is 8.80. The number of hydrogen-bond acceptors (Lipinski definition) is 3. The molecular formula is C14H26N2O2S. The molecule has 0 aromatic carbocycles. The van der Waals surface area contributed by atoms with E-state index in [1.54, 1.807) is 6.20 Å². The van der Waals surface area contributed by atoms with Crippen molar-refractivity contribution in [3.05, 3.63) is 23.0 Å². The molecule has 4 nitrogen and oxygen atoms in total. The van der Waals surface area contributed by atoms with Gasteiger partial charge < -0.3 is 4.57 Å². The Morgan fingerprint density at radius 1 is 1.21 bits per heavy atom. The van der Waals surface area contributed by atoms with Crippen molar-refractivity contribution in [1.82, 2.24) is 4.57 Å². The van der Waals surface area contributed by atoms with E-state index in [2.05, 4.69) is 6.07 Å². The zero-order chi connectivity index (χ0) is 15.6. The average molecular weight is 286 g/mol. The van der Waals surface area contributed by atoms with Crippen molar-refractivity contribution in [2.75, 3.05) is 12.0 Å². The third-order valence-electron chi connectivity index (χ3n) is 2.49. The van der Waals surface area contributed by atoms with Gasteiger partial charge in [-0.3, -0.25) is 0 Å². The predicted molar refractivity (Wildman–Crippen MR) is 81.0 cm³/mol. The minimum absolute atomic E-state index is 0.104. The van der Waals surface area contributed by atoms with Crippen LogP contribution in [0.4, 0.5) is 0 Å². The van der Waals surface area contributed by atoms with Crippen LogP contribution >= 0.6 is 0 Å². The summed E-state index contributed by atoms with van der Waals surface area (Å²) in [6, 6.07) is 2.08. The first-order valence-electron chi connectivity index (χ1n) is 6.59. The second kappa shape index (κ2) is 9.62. The summed E-state index contributed by atoms with van der Waals surface area (Å²) in [6.07, 6.45) is 2.92. The van der Waals surface area contributed by atoms with Crippen LogP contribution in [0.1, 0.15) is 44.5 Å². The number of aryl methyl sites for hydroxylation is 1. The SMILES string of the molecule is CC.CC.Cc1c(C#N)cn(CCS(C)(=O)=O)c1C. The fourth-order valence-corrected chi connectivity index (χ4v) is 1.90. The third kappa shape index (κ3) is 7.02. The van der Waals surface area contributed by atoms with Gasteiger partial charge in [-0.1, -0.05) is 27.7 Å². The molecule has 1 aromatic heterocycles. The van der Waals surface area contributed by atoms with E-state index in [0.717, 1.165) is 11.3 Å². The molecule has 0 amide bonds. The largest absolute Gasteiger partial charge is 0.349 e. The number of sulfone groups is 1. The molecule has 5 heteroatoms. The third-order valence-corrected chi connectivity index (χ3v) is 3.41. The van der Waals surface area contributed by atoms with Crippen LogP contribution < -0.4 is 0 Å². The van der Waals surface area contributed by atoms with Crippen molar-refractivity contribution < 1.29 is 8.42 Å². The van der Waals surface area contributed by atoms with E-state index >= 15 is 0 Å². The van der Waals surface area contributed by atoms with Crippen molar-refractivity contribution in [3.63, 3.8) is 0 Å². The van der Waals surface area contributed by atoms with Gasteiger partial charge in [0.1, 0.15) is 15.9 Å². The molecule has 1 heterocycles. The van der Waals surface area contributed by atoms with Gasteiger partial charge in [0, 0.05) is 24.7 Å². The molecule has 0 aliphatic carbocycles. The lowest BCUT2D eigenvalue weighted by Gasteiger charge is -2.04. The Bertz CT molecular complexity index is 508. The standard InChI is InChI=1S/C10H14N2O2S.2C2H6/c1-8-9(2)12(7-10(8)6-11)4-5-15(3,13)14;2*1-2/h7H,4-5H2,1-3H3;2*1-2H3. The quantitative estimate of drug-likeness (QED) is 0.857. The van der Waals surface area contributed by atoms with Crippen molar-refractivity contribution >= 4 is 9.84 Å². The molecule has 0 aliphatic heterocycles. The number of aromatic nitrogens is 1. The Labute approximate surface area is 118 Å². The van der Waals surface area contributed by atoms with E-state index < -0.39 is 9.84 Å².